The molecule has 0 saturated carbocycles. The number of fused-ring (bicyclic) bond motifs is 1. The summed E-state index contributed by atoms with van der Waals surface area (Å²) in [6.07, 6.45) is 5.78. The number of carbonyl (C=O) groups is 1. The number of carbonyl (C=O) groups excluding carboxylic acids is 1. The zero-order valence-corrected chi connectivity index (χ0v) is 24.0. The van der Waals surface area contributed by atoms with E-state index in [1.54, 1.807) is 13.0 Å². The van der Waals surface area contributed by atoms with Crippen LogP contribution in [0.4, 0.5) is 0 Å². The molecule has 0 bridgehead atoms. The van der Waals surface area contributed by atoms with E-state index in [1.807, 2.05) is 42.5 Å². The molecule has 0 amide bonds. The maximum atomic E-state index is 12.4. The SMILES string of the molecule is CCCc1c(OCCCOc2ccc(C(C)=O)c(OCc3ccccc3)c2CCC)ccc2c1OC(CO)CC2. The van der Waals surface area contributed by atoms with Gasteiger partial charge in [0.15, 0.2) is 5.78 Å². The molecule has 0 fully saturated rings. The van der Waals surface area contributed by atoms with Gasteiger partial charge in [0.05, 0.1) is 25.4 Å². The highest BCUT2D eigenvalue weighted by Crippen LogP contribution is 2.38. The summed E-state index contributed by atoms with van der Waals surface area (Å²) in [6, 6.07) is 17.8. The van der Waals surface area contributed by atoms with Crippen molar-refractivity contribution in [2.75, 3.05) is 19.8 Å². The minimum Gasteiger partial charge on any atom is -0.493 e. The second kappa shape index (κ2) is 14.8. The Hall–Kier alpha value is -3.51. The zero-order chi connectivity index (χ0) is 28.3. The van der Waals surface area contributed by atoms with Gasteiger partial charge in [0, 0.05) is 17.5 Å². The molecule has 1 heterocycles. The Kier molecular flexibility index (Phi) is 10.9. The van der Waals surface area contributed by atoms with Gasteiger partial charge in [-0.05, 0) is 61.9 Å². The maximum absolute atomic E-state index is 12.4. The van der Waals surface area contributed by atoms with Crippen LogP contribution in [-0.4, -0.2) is 36.8 Å². The van der Waals surface area contributed by atoms with Gasteiger partial charge in [-0.1, -0.05) is 63.1 Å². The monoisotopic (exact) mass is 546 g/mol. The number of hydrogen-bond acceptors (Lipinski definition) is 6. The van der Waals surface area contributed by atoms with Crippen LogP contribution in [0, 0.1) is 0 Å². The number of hydrogen-bond donors (Lipinski definition) is 1. The highest BCUT2D eigenvalue weighted by Gasteiger charge is 2.24. The molecule has 1 unspecified atom stereocenters. The first-order valence-electron chi connectivity index (χ1n) is 14.6. The molecule has 1 N–H and O–H groups in total. The normalized spacial score (nSPS) is 14.2. The van der Waals surface area contributed by atoms with Gasteiger partial charge in [-0.3, -0.25) is 4.79 Å². The minimum absolute atomic E-state index is 0.0254. The average molecular weight is 547 g/mol. The summed E-state index contributed by atoms with van der Waals surface area (Å²) in [5.41, 5.74) is 4.83. The Balaban J connectivity index is 1.42. The van der Waals surface area contributed by atoms with Crippen molar-refractivity contribution >= 4 is 5.78 Å². The van der Waals surface area contributed by atoms with Crippen LogP contribution in [-0.2, 0) is 25.9 Å². The first-order valence-corrected chi connectivity index (χ1v) is 14.6. The number of aryl methyl sites for hydroxylation is 1. The van der Waals surface area contributed by atoms with Crippen molar-refractivity contribution in [3.05, 3.63) is 82.4 Å². The lowest BCUT2D eigenvalue weighted by molar-refractivity contribution is 0.0962. The van der Waals surface area contributed by atoms with E-state index >= 15 is 0 Å². The third-order valence-electron chi connectivity index (χ3n) is 7.15. The molecular weight excluding hydrogens is 504 g/mol. The Morgan fingerprint density at radius 3 is 2.25 bits per heavy atom. The number of ketones is 1. The van der Waals surface area contributed by atoms with Crippen molar-refractivity contribution in [2.24, 2.45) is 0 Å². The average Bonchev–Trinajstić information content (AvgIpc) is 2.97. The van der Waals surface area contributed by atoms with E-state index in [0.29, 0.717) is 37.6 Å². The van der Waals surface area contributed by atoms with Gasteiger partial charge in [0.1, 0.15) is 35.7 Å². The van der Waals surface area contributed by atoms with Crippen LogP contribution in [0.2, 0.25) is 0 Å². The molecule has 40 heavy (non-hydrogen) atoms. The van der Waals surface area contributed by atoms with Crippen LogP contribution in [0.25, 0.3) is 0 Å². The standard InChI is InChI=1S/C34H42O6/c1-4-10-29-31(18-15-26-14-16-27(22-35)40-33(26)29)37-20-9-21-38-32-19-17-28(24(3)36)34(30(32)11-5-2)39-23-25-12-7-6-8-13-25/h6-8,12-13,15,17-19,27,35H,4-5,9-11,14,16,20-23H2,1-3H3. The lowest BCUT2D eigenvalue weighted by Crippen LogP contribution is -2.27. The number of benzene rings is 3. The second-order valence-corrected chi connectivity index (χ2v) is 10.3. The van der Waals surface area contributed by atoms with Gasteiger partial charge in [0.2, 0.25) is 0 Å². The third-order valence-corrected chi connectivity index (χ3v) is 7.15. The molecule has 1 atom stereocenters. The first-order chi connectivity index (χ1) is 19.5. The molecular formula is C34H42O6. The summed E-state index contributed by atoms with van der Waals surface area (Å²) in [7, 11) is 0. The fraction of sp³-hybridized carbons (Fsp3) is 0.441. The van der Waals surface area contributed by atoms with Crippen LogP contribution in [0.1, 0.15) is 79.1 Å². The van der Waals surface area contributed by atoms with Gasteiger partial charge in [-0.25, -0.2) is 0 Å². The molecule has 0 spiro atoms. The van der Waals surface area contributed by atoms with E-state index in [-0.39, 0.29) is 18.5 Å². The molecule has 6 heteroatoms. The van der Waals surface area contributed by atoms with Crippen molar-refractivity contribution in [3.63, 3.8) is 0 Å². The first kappa shape index (κ1) is 29.5. The Morgan fingerprint density at radius 1 is 0.900 bits per heavy atom. The number of aliphatic hydroxyl groups excluding tert-OH is 1. The second-order valence-electron chi connectivity index (χ2n) is 10.3. The van der Waals surface area contributed by atoms with Crippen LogP contribution < -0.4 is 18.9 Å². The maximum Gasteiger partial charge on any atom is 0.163 e. The lowest BCUT2D eigenvalue weighted by atomic mass is 9.96. The van der Waals surface area contributed by atoms with Crippen molar-refractivity contribution in [1.82, 2.24) is 0 Å². The highest BCUT2D eigenvalue weighted by atomic mass is 16.5. The molecule has 0 aromatic heterocycles. The predicted molar refractivity (Wildman–Crippen MR) is 157 cm³/mol. The summed E-state index contributed by atoms with van der Waals surface area (Å²) in [5, 5.41) is 9.60. The number of rotatable bonds is 15. The number of Topliss-reactive ketones (excluding diaryl/α,β-unsaturated/α-hetero) is 1. The zero-order valence-electron chi connectivity index (χ0n) is 24.0. The van der Waals surface area contributed by atoms with E-state index in [4.69, 9.17) is 18.9 Å². The van der Waals surface area contributed by atoms with Crippen LogP contribution in [0.15, 0.2) is 54.6 Å². The molecule has 0 saturated heterocycles. The summed E-state index contributed by atoms with van der Waals surface area (Å²) in [6.45, 7) is 7.22. The molecule has 0 radical (unpaired) electrons. The van der Waals surface area contributed by atoms with Crippen molar-refractivity contribution in [3.8, 4) is 23.0 Å². The largest absolute Gasteiger partial charge is 0.493 e. The molecule has 3 aromatic rings. The van der Waals surface area contributed by atoms with Crippen LogP contribution in [0.5, 0.6) is 23.0 Å². The van der Waals surface area contributed by atoms with E-state index in [9.17, 15) is 9.90 Å². The fourth-order valence-electron chi connectivity index (χ4n) is 5.12. The Labute approximate surface area is 238 Å². The van der Waals surface area contributed by atoms with E-state index < -0.39 is 0 Å². The molecule has 3 aromatic carbocycles. The van der Waals surface area contributed by atoms with E-state index in [1.165, 1.54) is 5.56 Å². The van der Waals surface area contributed by atoms with Crippen molar-refractivity contribution in [2.45, 2.75) is 78.4 Å². The lowest BCUT2D eigenvalue weighted by Gasteiger charge is -2.28. The van der Waals surface area contributed by atoms with Gasteiger partial charge in [-0.2, -0.15) is 0 Å². The molecule has 6 nitrogen and oxygen atoms in total. The third kappa shape index (κ3) is 7.36. The fourth-order valence-corrected chi connectivity index (χ4v) is 5.12. The van der Waals surface area contributed by atoms with Gasteiger partial charge in [0.25, 0.3) is 0 Å². The van der Waals surface area contributed by atoms with Crippen LogP contribution >= 0.6 is 0 Å². The van der Waals surface area contributed by atoms with E-state index in [2.05, 4.69) is 19.9 Å². The van der Waals surface area contributed by atoms with E-state index in [0.717, 1.165) is 72.5 Å². The predicted octanol–water partition coefficient (Wildman–Crippen LogP) is 6.91. The molecule has 1 aliphatic rings. The quantitative estimate of drug-likeness (QED) is 0.165. The summed E-state index contributed by atoms with van der Waals surface area (Å²) >= 11 is 0. The van der Waals surface area contributed by atoms with Gasteiger partial charge < -0.3 is 24.1 Å². The smallest absolute Gasteiger partial charge is 0.163 e. The number of aliphatic hydroxyl groups is 1. The summed E-state index contributed by atoms with van der Waals surface area (Å²) < 4.78 is 24.8. The minimum atomic E-state index is -0.153. The van der Waals surface area contributed by atoms with Gasteiger partial charge >= 0.3 is 0 Å². The molecule has 0 aliphatic carbocycles. The molecule has 214 valence electrons. The molecule has 1 aliphatic heterocycles. The summed E-state index contributed by atoms with van der Waals surface area (Å²) in [4.78, 5) is 12.4. The Bertz CT molecular complexity index is 1250. The summed E-state index contributed by atoms with van der Waals surface area (Å²) in [5.74, 6) is 3.07. The highest BCUT2D eigenvalue weighted by molar-refractivity contribution is 5.97. The van der Waals surface area contributed by atoms with Crippen molar-refractivity contribution < 1.29 is 28.8 Å². The van der Waals surface area contributed by atoms with Gasteiger partial charge in [-0.15, -0.1) is 0 Å². The molecule has 4 rings (SSSR count). The van der Waals surface area contributed by atoms with Crippen LogP contribution in [0.3, 0.4) is 0 Å². The van der Waals surface area contributed by atoms with Crippen molar-refractivity contribution in [1.29, 1.82) is 0 Å². The number of ether oxygens (including phenoxy) is 4. The Morgan fingerprint density at radius 2 is 1.57 bits per heavy atom. The topological polar surface area (TPSA) is 74.2 Å².